The maximum atomic E-state index is 10.7. The van der Waals surface area contributed by atoms with Crippen LogP contribution >= 0.6 is 11.8 Å². The average molecular weight is 199 g/mol. The zero-order valence-electron chi connectivity index (χ0n) is 7.06. The monoisotopic (exact) mass is 199 g/mol. The maximum absolute atomic E-state index is 10.7. The summed E-state index contributed by atoms with van der Waals surface area (Å²) in [4.78, 5) is 14.6. The molecule has 0 bridgehead atoms. The number of rotatable bonds is 3. The molecular formula is C8H9NO3S. The van der Waals surface area contributed by atoms with Gasteiger partial charge in [-0.2, -0.15) is 0 Å². The lowest BCUT2D eigenvalue weighted by atomic mass is 10.5. The first kappa shape index (κ1) is 9.85. The Kier molecular flexibility index (Phi) is 3.57. The Bertz CT molecular complexity index is 303. The first-order chi connectivity index (χ1) is 6.24. The van der Waals surface area contributed by atoms with E-state index in [4.69, 9.17) is 0 Å². The third-order valence-electron chi connectivity index (χ3n) is 1.31. The zero-order valence-corrected chi connectivity index (χ0v) is 7.87. The molecule has 5 heteroatoms. The lowest BCUT2D eigenvalue weighted by Crippen LogP contribution is -2.03. The van der Waals surface area contributed by atoms with Gasteiger partial charge in [-0.1, -0.05) is 11.8 Å². The Hall–Kier alpha value is -1.23. The Morgan fingerprint density at radius 3 is 3.15 bits per heavy atom. The molecule has 0 saturated carbocycles. The molecule has 70 valence electrons. The van der Waals surface area contributed by atoms with Crippen molar-refractivity contribution >= 4 is 17.7 Å². The van der Waals surface area contributed by atoms with Crippen molar-refractivity contribution in [1.29, 1.82) is 0 Å². The Labute approximate surface area is 79.9 Å². The van der Waals surface area contributed by atoms with Gasteiger partial charge in [0.1, 0.15) is 10.8 Å². The standard InChI is InChI=1S/C8H9NO3S/c1-12-7(11)5-13-8-6(10)3-2-4-9-8/h2-4,10H,5H2,1H3. The summed E-state index contributed by atoms with van der Waals surface area (Å²) < 4.78 is 4.44. The molecule has 0 saturated heterocycles. The first-order valence-electron chi connectivity index (χ1n) is 3.57. The summed E-state index contributed by atoms with van der Waals surface area (Å²) in [5.74, 6) is -0.104. The Morgan fingerprint density at radius 2 is 2.54 bits per heavy atom. The van der Waals surface area contributed by atoms with Gasteiger partial charge in [0.25, 0.3) is 0 Å². The number of hydrogen-bond donors (Lipinski definition) is 1. The number of nitrogens with zero attached hydrogens (tertiary/aromatic N) is 1. The van der Waals surface area contributed by atoms with Crippen LogP contribution in [0.2, 0.25) is 0 Å². The number of hydrogen-bond acceptors (Lipinski definition) is 5. The quantitative estimate of drug-likeness (QED) is 0.582. The number of methoxy groups -OCH3 is 1. The molecule has 0 aromatic carbocycles. The van der Waals surface area contributed by atoms with E-state index in [1.165, 1.54) is 13.2 Å². The molecule has 0 unspecified atom stereocenters. The van der Waals surface area contributed by atoms with Crippen LogP contribution in [0.25, 0.3) is 0 Å². The summed E-state index contributed by atoms with van der Waals surface area (Å²) in [6.07, 6.45) is 1.55. The minimum absolute atomic E-state index is 0.0800. The number of ether oxygens (including phenoxy) is 1. The van der Waals surface area contributed by atoms with E-state index < -0.39 is 0 Å². The molecule has 1 aromatic heterocycles. The summed E-state index contributed by atoms with van der Waals surface area (Å²) in [6.45, 7) is 0. The van der Waals surface area contributed by atoms with E-state index >= 15 is 0 Å². The third-order valence-corrected chi connectivity index (χ3v) is 2.27. The molecule has 1 N–H and O–H groups in total. The molecule has 0 aliphatic rings. The smallest absolute Gasteiger partial charge is 0.316 e. The van der Waals surface area contributed by atoms with Gasteiger partial charge in [0.15, 0.2) is 0 Å². The molecule has 0 amide bonds. The minimum Gasteiger partial charge on any atom is -0.505 e. The van der Waals surface area contributed by atoms with Crippen molar-refractivity contribution in [1.82, 2.24) is 4.98 Å². The molecule has 0 aliphatic heterocycles. The van der Waals surface area contributed by atoms with Crippen LogP contribution in [0, 0.1) is 0 Å². The summed E-state index contributed by atoms with van der Waals surface area (Å²) in [7, 11) is 1.32. The molecule has 1 rings (SSSR count). The van der Waals surface area contributed by atoms with Crippen molar-refractivity contribution in [2.75, 3.05) is 12.9 Å². The van der Waals surface area contributed by atoms with Crippen LogP contribution in [0.15, 0.2) is 23.4 Å². The molecule has 0 aliphatic carbocycles. The number of aromatic hydroxyl groups is 1. The van der Waals surface area contributed by atoms with E-state index in [0.29, 0.717) is 5.03 Å². The van der Waals surface area contributed by atoms with Gasteiger partial charge in [-0.25, -0.2) is 4.98 Å². The van der Waals surface area contributed by atoms with Crippen LogP contribution < -0.4 is 0 Å². The summed E-state index contributed by atoms with van der Waals surface area (Å²) in [5.41, 5.74) is 0. The van der Waals surface area contributed by atoms with E-state index in [1.54, 1.807) is 12.3 Å². The van der Waals surface area contributed by atoms with E-state index in [2.05, 4.69) is 9.72 Å². The summed E-state index contributed by atoms with van der Waals surface area (Å²) in [6, 6.07) is 3.14. The van der Waals surface area contributed by atoms with Gasteiger partial charge in [-0.15, -0.1) is 0 Å². The van der Waals surface area contributed by atoms with Crippen molar-refractivity contribution in [2.24, 2.45) is 0 Å². The van der Waals surface area contributed by atoms with Gasteiger partial charge in [-0.05, 0) is 12.1 Å². The third kappa shape index (κ3) is 2.95. The number of aromatic nitrogens is 1. The normalized spacial score (nSPS) is 9.62. The molecule has 4 nitrogen and oxygen atoms in total. The number of thioether (sulfide) groups is 1. The van der Waals surface area contributed by atoms with Gasteiger partial charge in [-0.3, -0.25) is 4.79 Å². The largest absolute Gasteiger partial charge is 0.505 e. The van der Waals surface area contributed by atoms with Gasteiger partial charge >= 0.3 is 5.97 Å². The fourth-order valence-corrected chi connectivity index (χ4v) is 1.40. The molecule has 0 spiro atoms. The fourth-order valence-electron chi connectivity index (χ4n) is 0.680. The first-order valence-corrected chi connectivity index (χ1v) is 4.56. The van der Waals surface area contributed by atoms with Gasteiger partial charge in [0.2, 0.25) is 0 Å². The van der Waals surface area contributed by atoms with Gasteiger partial charge in [0.05, 0.1) is 12.9 Å². The fraction of sp³-hybridized carbons (Fsp3) is 0.250. The molecule has 0 atom stereocenters. The van der Waals surface area contributed by atoms with E-state index in [0.717, 1.165) is 11.8 Å². The molecule has 1 heterocycles. The molecule has 0 radical (unpaired) electrons. The lowest BCUT2D eigenvalue weighted by Gasteiger charge is -2.00. The zero-order chi connectivity index (χ0) is 9.68. The highest BCUT2D eigenvalue weighted by molar-refractivity contribution is 8.00. The van der Waals surface area contributed by atoms with Crippen molar-refractivity contribution in [3.05, 3.63) is 18.3 Å². The molecule has 1 aromatic rings. The SMILES string of the molecule is COC(=O)CSc1ncccc1O. The predicted octanol–water partition coefficient (Wildman–Crippen LogP) is 1.05. The maximum Gasteiger partial charge on any atom is 0.316 e. The van der Waals surface area contributed by atoms with Crippen molar-refractivity contribution < 1.29 is 14.6 Å². The van der Waals surface area contributed by atoms with Crippen molar-refractivity contribution in [3.63, 3.8) is 0 Å². The van der Waals surface area contributed by atoms with Crippen LogP contribution in [0.1, 0.15) is 0 Å². The molecule has 0 fully saturated rings. The average Bonchev–Trinajstić information content (AvgIpc) is 2.16. The second kappa shape index (κ2) is 4.71. The highest BCUT2D eigenvalue weighted by Gasteiger charge is 2.05. The van der Waals surface area contributed by atoms with Crippen LogP contribution in [-0.2, 0) is 9.53 Å². The highest BCUT2D eigenvalue weighted by Crippen LogP contribution is 2.24. The van der Waals surface area contributed by atoms with Crippen molar-refractivity contribution in [3.8, 4) is 5.75 Å². The molecular weight excluding hydrogens is 190 g/mol. The minimum atomic E-state index is -0.338. The number of esters is 1. The van der Waals surface area contributed by atoms with Crippen LogP contribution in [0.4, 0.5) is 0 Å². The molecule has 13 heavy (non-hydrogen) atoms. The highest BCUT2D eigenvalue weighted by atomic mass is 32.2. The van der Waals surface area contributed by atoms with Gasteiger partial charge in [0, 0.05) is 6.20 Å². The topological polar surface area (TPSA) is 59.4 Å². The van der Waals surface area contributed by atoms with Crippen LogP contribution in [0.3, 0.4) is 0 Å². The van der Waals surface area contributed by atoms with Crippen molar-refractivity contribution in [2.45, 2.75) is 5.03 Å². The van der Waals surface area contributed by atoms with E-state index in [1.807, 2.05) is 0 Å². The lowest BCUT2D eigenvalue weighted by molar-refractivity contribution is -0.137. The van der Waals surface area contributed by atoms with Crippen LogP contribution in [-0.4, -0.2) is 28.9 Å². The van der Waals surface area contributed by atoms with Gasteiger partial charge < -0.3 is 9.84 Å². The Morgan fingerprint density at radius 1 is 1.77 bits per heavy atom. The predicted molar refractivity (Wildman–Crippen MR) is 48.6 cm³/mol. The Balaban J connectivity index is 2.54. The number of pyridine rings is 1. The summed E-state index contributed by atoms with van der Waals surface area (Å²) >= 11 is 1.14. The van der Waals surface area contributed by atoms with Crippen LogP contribution in [0.5, 0.6) is 5.75 Å². The number of carbonyl (C=O) groups excluding carboxylic acids is 1. The van der Waals surface area contributed by atoms with E-state index in [9.17, 15) is 9.90 Å². The summed E-state index contributed by atoms with van der Waals surface area (Å²) in [5, 5.41) is 9.70. The second-order valence-corrected chi connectivity index (χ2v) is 3.16. The number of carbonyl (C=O) groups is 1. The second-order valence-electron chi connectivity index (χ2n) is 2.19. The van der Waals surface area contributed by atoms with E-state index in [-0.39, 0.29) is 17.5 Å².